The van der Waals surface area contributed by atoms with Gasteiger partial charge in [0.2, 0.25) is 9.05 Å². The van der Waals surface area contributed by atoms with E-state index in [1.807, 2.05) is 18.2 Å². The van der Waals surface area contributed by atoms with Gasteiger partial charge in [-0.1, -0.05) is 39.8 Å². The van der Waals surface area contributed by atoms with Crippen LogP contribution in [0.25, 0.3) is 0 Å². The van der Waals surface area contributed by atoms with Crippen LogP contribution in [0.1, 0.15) is 33.3 Å². The summed E-state index contributed by atoms with van der Waals surface area (Å²) in [6.45, 7) is 8.53. The first-order valence-corrected chi connectivity index (χ1v) is 8.71. The molecule has 1 aromatic rings. The Bertz CT molecular complexity index is 518. The van der Waals surface area contributed by atoms with Crippen molar-refractivity contribution in [2.45, 2.75) is 33.1 Å². The smallest absolute Gasteiger partial charge is 0.232 e. The van der Waals surface area contributed by atoms with Crippen molar-refractivity contribution in [2.24, 2.45) is 5.92 Å². The fourth-order valence-electron chi connectivity index (χ4n) is 1.68. The summed E-state index contributed by atoms with van der Waals surface area (Å²) in [6, 6.07) is 7.86. The van der Waals surface area contributed by atoms with Crippen LogP contribution < -0.4 is 4.74 Å². The lowest BCUT2D eigenvalue weighted by Gasteiger charge is -2.20. The van der Waals surface area contributed by atoms with Crippen LogP contribution in [-0.2, 0) is 14.5 Å². The van der Waals surface area contributed by atoms with Gasteiger partial charge in [0, 0.05) is 16.6 Å². The van der Waals surface area contributed by atoms with Gasteiger partial charge in [-0.15, -0.1) is 0 Å². The van der Waals surface area contributed by atoms with Gasteiger partial charge in [0.1, 0.15) is 5.75 Å². The molecule has 0 amide bonds. The Balaban J connectivity index is 2.64. The molecule has 0 aliphatic carbocycles. The summed E-state index contributed by atoms with van der Waals surface area (Å²) >= 11 is 0. The van der Waals surface area contributed by atoms with Crippen molar-refractivity contribution < 1.29 is 13.2 Å². The molecule has 3 nitrogen and oxygen atoms in total. The second kappa shape index (κ2) is 6.14. The van der Waals surface area contributed by atoms with Gasteiger partial charge in [0.15, 0.2) is 0 Å². The third-order valence-electron chi connectivity index (χ3n) is 2.72. The molecule has 0 aromatic heterocycles. The number of benzene rings is 1. The lowest BCUT2D eigenvalue weighted by atomic mass is 9.87. The first-order chi connectivity index (χ1) is 8.58. The Kier molecular flexibility index (Phi) is 5.27. The average Bonchev–Trinajstić information content (AvgIpc) is 2.23. The SMILES string of the molecule is CC(COc1cccc(C(C)(C)C)c1)CS(=O)(=O)Cl. The molecule has 0 aliphatic heterocycles. The van der Waals surface area contributed by atoms with Gasteiger partial charge in [-0.05, 0) is 23.1 Å². The largest absolute Gasteiger partial charge is 0.493 e. The zero-order valence-corrected chi connectivity index (χ0v) is 13.4. The maximum atomic E-state index is 10.9. The van der Waals surface area contributed by atoms with E-state index in [-0.39, 0.29) is 17.1 Å². The minimum absolute atomic E-state index is 0.0600. The first kappa shape index (κ1) is 16.3. The lowest BCUT2D eigenvalue weighted by molar-refractivity contribution is 0.271. The minimum atomic E-state index is -3.47. The molecule has 19 heavy (non-hydrogen) atoms. The van der Waals surface area contributed by atoms with Crippen LogP contribution in [-0.4, -0.2) is 20.8 Å². The topological polar surface area (TPSA) is 43.4 Å². The lowest BCUT2D eigenvalue weighted by Crippen LogP contribution is -2.17. The molecule has 0 fully saturated rings. The first-order valence-electron chi connectivity index (χ1n) is 6.23. The predicted octanol–water partition coefficient (Wildman–Crippen LogP) is 3.57. The third-order valence-corrected chi connectivity index (χ3v) is 4.06. The highest BCUT2D eigenvalue weighted by Gasteiger charge is 2.15. The number of hydrogen-bond donors (Lipinski definition) is 0. The summed E-state index contributed by atoms with van der Waals surface area (Å²) < 4.78 is 27.5. The quantitative estimate of drug-likeness (QED) is 0.781. The maximum Gasteiger partial charge on any atom is 0.232 e. The Morgan fingerprint density at radius 1 is 1.32 bits per heavy atom. The zero-order valence-electron chi connectivity index (χ0n) is 11.8. The number of ether oxygens (including phenoxy) is 1. The average molecular weight is 305 g/mol. The van der Waals surface area contributed by atoms with E-state index >= 15 is 0 Å². The van der Waals surface area contributed by atoms with E-state index < -0.39 is 9.05 Å². The van der Waals surface area contributed by atoms with Gasteiger partial charge in [-0.25, -0.2) is 8.42 Å². The van der Waals surface area contributed by atoms with Crippen molar-refractivity contribution in [3.8, 4) is 5.75 Å². The van der Waals surface area contributed by atoms with Crippen LogP contribution in [0.3, 0.4) is 0 Å². The summed E-state index contributed by atoms with van der Waals surface area (Å²) in [4.78, 5) is 0. The zero-order chi connectivity index (χ0) is 14.7. The molecule has 108 valence electrons. The molecule has 0 radical (unpaired) electrons. The maximum absolute atomic E-state index is 10.9. The monoisotopic (exact) mass is 304 g/mol. The summed E-state index contributed by atoms with van der Waals surface area (Å²) in [7, 11) is 1.74. The van der Waals surface area contributed by atoms with Gasteiger partial charge in [0.05, 0.1) is 12.4 Å². The van der Waals surface area contributed by atoms with Crippen LogP contribution >= 0.6 is 10.7 Å². The van der Waals surface area contributed by atoms with Crippen molar-refractivity contribution in [2.75, 3.05) is 12.4 Å². The van der Waals surface area contributed by atoms with Crippen molar-refractivity contribution in [1.29, 1.82) is 0 Å². The minimum Gasteiger partial charge on any atom is -0.493 e. The number of hydrogen-bond acceptors (Lipinski definition) is 3. The molecular formula is C14H21ClO3S. The van der Waals surface area contributed by atoms with E-state index in [0.29, 0.717) is 6.61 Å². The van der Waals surface area contributed by atoms with Gasteiger partial charge < -0.3 is 4.74 Å². The second-order valence-electron chi connectivity index (χ2n) is 5.90. The van der Waals surface area contributed by atoms with E-state index in [1.54, 1.807) is 6.92 Å². The van der Waals surface area contributed by atoms with Crippen LogP contribution in [0, 0.1) is 5.92 Å². The molecule has 1 unspecified atom stereocenters. The van der Waals surface area contributed by atoms with Gasteiger partial charge in [-0.3, -0.25) is 0 Å². The molecule has 0 saturated carbocycles. The van der Waals surface area contributed by atoms with Crippen LogP contribution in [0.5, 0.6) is 5.75 Å². The highest BCUT2D eigenvalue weighted by atomic mass is 35.7. The summed E-state index contributed by atoms with van der Waals surface area (Å²) in [5.41, 5.74) is 1.24. The Morgan fingerprint density at radius 2 is 1.95 bits per heavy atom. The summed E-state index contributed by atoms with van der Waals surface area (Å²) in [6.07, 6.45) is 0. The van der Waals surface area contributed by atoms with Crippen molar-refractivity contribution in [1.82, 2.24) is 0 Å². The molecule has 1 atom stereocenters. The molecular weight excluding hydrogens is 284 g/mol. The fourth-order valence-corrected chi connectivity index (χ4v) is 3.10. The normalized spacial score (nSPS) is 14.2. The highest BCUT2D eigenvalue weighted by molar-refractivity contribution is 8.13. The molecule has 0 spiro atoms. The van der Waals surface area contributed by atoms with E-state index in [9.17, 15) is 8.42 Å². The summed E-state index contributed by atoms with van der Waals surface area (Å²) in [5.74, 6) is 0.542. The van der Waals surface area contributed by atoms with E-state index in [0.717, 1.165) is 5.75 Å². The molecule has 0 aliphatic rings. The number of rotatable bonds is 5. The van der Waals surface area contributed by atoms with Gasteiger partial charge in [0.25, 0.3) is 0 Å². The van der Waals surface area contributed by atoms with Crippen LogP contribution in [0.15, 0.2) is 24.3 Å². The molecule has 0 heterocycles. The predicted molar refractivity (Wildman–Crippen MR) is 79.4 cm³/mol. The molecule has 1 rings (SSSR count). The van der Waals surface area contributed by atoms with Gasteiger partial charge in [-0.2, -0.15) is 0 Å². The standard InChI is InChI=1S/C14H21ClO3S/c1-11(10-19(15,16)17)9-18-13-7-5-6-12(8-13)14(2,3)4/h5-8,11H,9-10H2,1-4H3. The Labute approximate surface area is 120 Å². The van der Waals surface area contributed by atoms with Crippen molar-refractivity contribution in [3.63, 3.8) is 0 Å². The van der Waals surface area contributed by atoms with Crippen LogP contribution in [0.2, 0.25) is 0 Å². The second-order valence-corrected chi connectivity index (χ2v) is 8.72. The van der Waals surface area contributed by atoms with E-state index in [2.05, 4.69) is 26.8 Å². The third kappa shape index (κ3) is 6.30. The van der Waals surface area contributed by atoms with Crippen molar-refractivity contribution in [3.05, 3.63) is 29.8 Å². The summed E-state index contributed by atoms with van der Waals surface area (Å²) in [5, 5.41) is 0. The highest BCUT2D eigenvalue weighted by Crippen LogP contribution is 2.25. The Hall–Kier alpha value is -0.740. The van der Waals surface area contributed by atoms with Crippen LogP contribution in [0.4, 0.5) is 0 Å². The molecule has 0 N–H and O–H groups in total. The van der Waals surface area contributed by atoms with Gasteiger partial charge >= 0.3 is 0 Å². The Morgan fingerprint density at radius 3 is 2.47 bits per heavy atom. The molecule has 0 bridgehead atoms. The molecule has 1 aromatic carbocycles. The van der Waals surface area contributed by atoms with E-state index in [4.69, 9.17) is 15.4 Å². The fraction of sp³-hybridized carbons (Fsp3) is 0.571. The number of halogens is 1. The van der Waals surface area contributed by atoms with Crippen molar-refractivity contribution >= 4 is 19.7 Å². The molecule has 0 saturated heterocycles. The molecule has 5 heteroatoms. The van der Waals surface area contributed by atoms with E-state index in [1.165, 1.54) is 5.56 Å².